The van der Waals surface area contributed by atoms with Crippen LogP contribution in [-0.4, -0.2) is 22.2 Å². The van der Waals surface area contributed by atoms with E-state index < -0.39 is 11.9 Å². The zero-order chi connectivity index (χ0) is 22.8. The fourth-order valence-electron chi connectivity index (χ4n) is 3.24. The first kappa shape index (κ1) is 22.5. The third kappa shape index (κ3) is 6.96. The summed E-state index contributed by atoms with van der Waals surface area (Å²) >= 11 is 0. The molecule has 0 aliphatic rings. The number of carboxylic acids is 2. The van der Waals surface area contributed by atoms with Gasteiger partial charge in [0.15, 0.2) is 0 Å². The SMILES string of the molecule is O=C(O)Cc1ccc(-c2ccccc2)cc1.O=C(O)Cc1ccc(-c2ccccc2)cc1. The second-order valence-corrected chi connectivity index (χ2v) is 7.27. The second-order valence-electron chi connectivity index (χ2n) is 7.27. The Morgan fingerprint density at radius 2 is 0.719 bits per heavy atom. The molecule has 0 fully saturated rings. The van der Waals surface area contributed by atoms with Gasteiger partial charge in [-0.15, -0.1) is 0 Å². The van der Waals surface area contributed by atoms with Gasteiger partial charge >= 0.3 is 11.9 Å². The Labute approximate surface area is 187 Å². The third-order valence-electron chi connectivity index (χ3n) is 4.83. The zero-order valence-corrected chi connectivity index (χ0v) is 17.5. The van der Waals surface area contributed by atoms with E-state index in [1.807, 2.05) is 109 Å². The van der Waals surface area contributed by atoms with Crippen LogP contribution in [0.15, 0.2) is 109 Å². The van der Waals surface area contributed by atoms with Gasteiger partial charge in [0, 0.05) is 0 Å². The maximum atomic E-state index is 10.5. The average Bonchev–Trinajstić information content (AvgIpc) is 2.81. The molecule has 4 aromatic rings. The Morgan fingerprint density at radius 1 is 0.438 bits per heavy atom. The van der Waals surface area contributed by atoms with Crippen molar-refractivity contribution in [3.8, 4) is 22.3 Å². The van der Waals surface area contributed by atoms with Crippen molar-refractivity contribution in [2.45, 2.75) is 12.8 Å². The minimum Gasteiger partial charge on any atom is -0.481 e. The van der Waals surface area contributed by atoms with E-state index in [0.717, 1.165) is 33.4 Å². The normalized spacial score (nSPS) is 10.0. The molecular formula is C28H24O4. The van der Waals surface area contributed by atoms with Crippen LogP contribution >= 0.6 is 0 Å². The fourth-order valence-corrected chi connectivity index (χ4v) is 3.24. The largest absolute Gasteiger partial charge is 0.481 e. The number of rotatable bonds is 6. The molecule has 0 bridgehead atoms. The van der Waals surface area contributed by atoms with Gasteiger partial charge in [-0.1, -0.05) is 109 Å². The van der Waals surface area contributed by atoms with Gasteiger partial charge in [-0.3, -0.25) is 9.59 Å². The molecule has 0 amide bonds. The van der Waals surface area contributed by atoms with Crippen LogP contribution in [0.3, 0.4) is 0 Å². The predicted octanol–water partition coefficient (Wildman–Crippen LogP) is 5.96. The first-order valence-corrected chi connectivity index (χ1v) is 10.2. The van der Waals surface area contributed by atoms with Crippen molar-refractivity contribution in [1.82, 2.24) is 0 Å². The van der Waals surface area contributed by atoms with Crippen molar-refractivity contribution < 1.29 is 19.8 Å². The lowest BCUT2D eigenvalue weighted by Gasteiger charge is -2.02. The Balaban J connectivity index is 0.000000181. The van der Waals surface area contributed by atoms with Crippen molar-refractivity contribution >= 4 is 11.9 Å². The minimum atomic E-state index is -0.799. The van der Waals surface area contributed by atoms with Crippen LogP contribution < -0.4 is 0 Å². The summed E-state index contributed by atoms with van der Waals surface area (Å²) < 4.78 is 0. The Hall–Kier alpha value is -4.18. The smallest absolute Gasteiger partial charge is 0.307 e. The van der Waals surface area contributed by atoms with E-state index in [1.54, 1.807) is 0 Å². The van der Waals surface area contributed by atoms with Crippen LogP contribution in [0.2, 0.25) is 0 Å². The second kappa shape index (κ2) is 11.3. The summed E-state index contributed by atoms with van der Waals surface area (Å²) in [5.74, 6) is -1.60. The molecule has 0 aromatic heterocycles. The van der Waals surface area contributed by atoms with Crippen LogP contribution in [0, 0.1) is 0 Å². The molecule has 0 aliphatic heterocycles. The molecule has 0 atom stereocenters. The molecule has 2 N–H and O–H groups in total. The van der Waals surface area contributed by atoms with Gasteiger partial charge in [0.1, 0.15) is 0 Å². The first-order valence-electron chi connectivity index (χ1n) is 10.2. The number of hydrogen-bond donors (Lipinski definition) is 2. The van der Waals surface area contributed by atoms with Crippen LogP contribution in [0.5, 0.6) is 0 Å². The summed E-state index contributed by atoms with van der Waals surface area (Å²) in [6.45, 7) is 0. The fraction of sp³-hybridized carbons (Fsp3) is 0.0714. The lowest BCUT2D eigenvalue weighted by atomic mass is 10.0. The summed E-state index contributed by atoms with van der Waals surface area (Å²) in [4.78, 5) is 21.0. The number of benzene rings is 4. The summed E-state index contributed by atoms with van der Waals surface area (Å²) in [7, 11) is 0. The van der Waals surface area contributed by atoms with Gasteiger partial charge in [-0.25, -0.2) is 0 Å². The van der Waals surface area contributed by atoms with E-state index in [9.17, 15) is 9.59 Å². The molecule has 0 spiro atoms. The molecule has 0 radical (unpaired) electrons. The van der Waals surface area contributed by atoms with Crippen LogP contribution in [0.4, 0.5) is 0 Å². The van der Waals surface area contributed by atoms with Gasteiger partial charge in [-0.05, 0) is 33.4 Å². The Bertz CT molecular complexity index is 1040. The lowest BCUT2D eigenvalue weighted by molar-refractivity contribution is -0.137. The van der Waals surface area contributed by atoms with Gasteiger partial charge in [0.25, 0.3) is 0 Å². The maximum Gasteiger partial charge on any atom is 0.307 e. The third-order valence-corrected chi connectivity index (χ3v) is 4.83. The predicted molar refractivity (Wildman–Crippen MR) is 126 cm³/mol. The average molecular weight is 424 g/mol. The molecule has 0 saturated heterocycles. The molecule has 0 saturated carbocycles. The van der Waals surface area contributed by atoms with Crippen LogP contribution in [0.1, 0.15) is 11.1 Å². The topological polar surface area (TPSA) is 74.6 Å². The van der Waals surface area contributed by atoms with Crippen molar-refractivity contribution in [2.24, 2.45) is 0 Å². The Kier molecular flexibility index (Phi) is 7.93. The molecule has 32 heavy (non-hydrogen) atoms. The zero-order valence-electron chi connectivity index (χ0n) is 17.5. The minimum absolute atomic E-state index is 0.0784. The monoisotopic (exact) mass is 424 g/mol. The molecule has 4 heteroatoms. The molecule has 0 unspecified atom stereocenters. The molecule has 4 aromatic carbocycles. The van der Waals surface area contributed by atoms with Crippen molar-refractivity contribution in [3.63, 3.8) is 0 Å². The van der Waals surface area contributed by atoms with Gasteiger partial charge < -0.3 is 10.2 Å². The summed E-state index contributed by atoms with van der Waals surface area (Å²) in [5, 5.41) is 17.3. The van der Waals surface area contributed by atoms with Gasteiger partial charge in [0.2, 0.25) is 0 Å². The highest BCUT2D eigenvalue weighted by molar-refractivity contribution is 5.72. The van der Waals surface area contributed by atoms with E-state index in [0.29, 0.717) is 0 Å². The van der Waals surface area contributed by atoms with Crippen LogP contribution in [-0.2, 0) is 22.4 Å². The van der Waals surface area contributed by atoms with E-state index in [4.69, 9.17) is 10.2 Å². The summed E-state index contributed by atoms with van der Waals surface area (Å²) in [6, 6.07) is 35.3. The standard InChI is InChI=1S/2C14H12O2/c2*15-14(16)10-11-6-8-13(9-7-11)12-4-2-1-3-5-12/h2*1-9H,10H2,(H,15,16). The van der Waals surface area contributed by atoms with E-state index >= 15 is 0 Å². The van der Waals surface area contributed by atoms with Crippen LogP contribution in [0.25, 0.3) is 22.3 Å². The number of carbonyl (C=O) groups is 2. The van der Waals surface area contributed by atoms with Gasteiger partial charge in [0.05, 0.1) is 12.8 Å². The summed E-state index contributed by atoms with van der Waals surface area (Å²) in [5.41, 5.74) is 6.15. The lowest BCUT2D eigenvalue weighted by Crippen LogP contribution is -1.99. The number of carboxylic acid groups (broad SMARTS) is 2. The quantitative estimate of drug-likeness (QED) is 0.400. The highest BCUT2D eigenvalue weighted by Gasteiger charge is 2.02. The first-order chi connectivity index (χ1) is 15.5. The molecule has 0 aliphatic carbocycles. The van der Waals surface area contributed by atoms with Crippen molar-refractivity contribution in [2.75, 3.05) is 0 Å². The molecule has 4 rings (SSSR count). The summed E-state index contributed by atoms with van der Waals surface area (Å²) in [6.07, 6.45) is 0.157. The van der Waals surface area contributed by atoms with E-state index in [-0.39, 0.29) is 12.8 Å². The van der Waals surface area contributed by atoms with Crippen molar-refractivity contribution in [1.29, 1.82) is 0 Å². The van der Waals surface area contributed by atoms with E-state index in [1.165, 1.54) is 0 Å². The molecule has 160 valence electrons. The molecular weight excluding hydrogens is 400 g/mol. The van der Waals surface area contributed by atoms with Gasteiger partial charge in [-0.2, -0.15) is 0 Å². The van der Waals surface area contributed by atoms with Crippen molar-refractivity contribution in [3.05, 3.63) is 120 Å². The maximum absolute atomic E-state index is 10.5. The molecule has 4 nitrogen and oxygen atoms in total. The van der Waals surface area contributed by atoms with E-state index in [2.05, 4.69) is 0 Å². The molecule has 0 heterocycles. The Morgan fingerprint density at radius 3 is 1.00 bits per heavy atom. The number of hydrogen-bond acceptors (Lipinski definition) is 2. The highest BCUT2D eigenvalue weighted by Crippen LogP contribution is 2.20. The highest BCUT2D eigenvalue weighted by atomic mass is 16.4. The number of aliphatic carboxylic acids is 2.